The third kappa shape index (κ3) is 2.44. The van der Waals surface area contributed by atoms with E-state index in [1.165, 1.54) is 12.5 Å². The van der Waals surface area contributed by atoms with Gasteiger partial charge in [-0.1, -0.05) is 25.5 Å². The summed E-state index contributed by atoms with van der Waals surface area (Å²) in [5, 5.41) is 31.6. The Kier molecular flexibility index (Phi) is 4.34. The number of allylic oxidation sites excluding steroid dienone is 2. The molecule has 152 valence electrons. The molecular weight excluding hydrogens is 344 g/mol. The van der Waals surface area contributed by atoms with Crippen LogP contribution in [-0.4, -0.2) is 46.2 Å². The lowest BCUT2D eigenvalue weighted by Gasteiger charge is -2.64. The van der Waals surface area contributed by atoms with E-state index in [-0.39, 0.29) is 41.8 Å². The van der Waals surface area contributed by atoms with E-state index in [2.05, 4.69) is 19.9 Å². The van der Waals surface area contributed by atoms with Gasteiger partial charge >= 0.3 is 5.97 Å². The van der Waals surface area contributed by atoms with E-state index in [1.807, 2.05) is 0 Å². The first-order valence-electron chi connectivity index (χ1n) is 10.5. The van der Waals surface area contributed by atoms with Gasteiger partial charge in [-0.25, -0.2) is 0 Å². The molecule has 2 bridgehead atoms. The average molecular weight is 379 g/mol. The minimum absolute atomic E-state index is 0.0107. The zero-order valence-electron chi connectivity index (χ0n) is 16.8. The van der Waals surface area contributed by atoms with E-state index in [1.54, 1.807) is 0 Å². The molecule has 0 heterocycles. The van der Waals surface area contributed by atoms with Crippen molar-refractivity contribution in [3.8, 4) is 0 Å². The molecule has 0 aromatic rings. The van der Waals surface area contributed by atoms with Crippen molar-refractivity contribution < 1.29 is 24.9 Å². The van der Waals surface area contributed by atoms with Crippen molar-refractivity contribution in [2.45, 2.75) is 77.4 Å². The number of rotatable bonds is 3. The zero-order chi connectivity index (χ0) is 19.7. The quantitative estimate of drug-likeness (QED) is 0.519. The molecule has 3 fully saturated rings. The highest BCUT2D eigenvalue weighted by Crippen LogP contribution is 2.73. The van der Waals surface area contributed by atoms with E-state index in [0.29, 0.717) is 12.8 Å². The van der Waals surface area contributed by atoms with Crippen LogP contribution < -0.4 is 0 Å². The number of esters is 1. The Morgan fingerprint density at radius 2 is 2.04 bits per heavy atom. The molecule has 0 aromatic carbocycles. The van der Waals surface area contributed by atoms with Gasteiger partial charge in [-0.05, 0) is 67.6 Å². The molecule has 0 aliphatic heterocycles. The second-order valence-corrected chi connectivity index (χ2v) is 10.2. The van der Waals surface area contributed by atoms with Crippen molar-refractivity contribution in [1.82, 2.24) is 0 Å². The van der Waals surface area contributed by atoms with Gasteiger partial charge in [0.05, 0.1) is 24.9 Å². The van der Waals surface area contributed by atoms with E-state index >= 15 is 0 Å². The Labute approximate surface area is 161 Å². The first-order valence-corrected chi connectivity index (χ1v) is 10.5. The molecule has 7 atom stereocenters. The summed E-state index contributed by atoms with van der Waals surface area (Å²) in [5.74, 6) is 0.0492. The lowest BCUT2D eigenvalue weighted by atomic mass is 9.41. The van der Waals surface area contributed by atoms with Gasteiger partial charge in [0.15, 0.2) is 0 Å². The van der Waals surface area contributed by atoms with Crippen LogP contribution in [0.4, 0.5) is 0 Å². The Morgan fingerprint density at radius 3 is 2.70 bits per heavy atom. The number of fused-ring (bicyclic) bond motifs is 2. The Bertz CT molecular complexity index is 674. The summed E-state index contributed by atoms with van der Waals surface area (Å²) in [6.07, 6.45) is 7.75. The van der Waals surface area contributed by atoms with Crippen LogP contribution >= 0.6 is 0 Å². The minimum Gasteiger partial charge on any atom is -0.465 e. The van der Waals surface area contributed by atoms with Gasteiger partial charge in [0.2, 0.25) is 0 Å². The molecule has 4 rings (SSSR count). The minimum atomic E-state index is -0.954. The highest BCUT2D eigenvalue weighted by Gasteiger charge is 2.68. The maximum atomic E-state index is 11.5. The maximum absolute atomic E-state index is 11.5. The van der Waals surface area contributed by atoms with Gasteiger partial charge in [-0.3, -0.25) is 4.79 Å². The van der Waals surface area contributed by atoms with Gasteiger partial charge in [0, 0.05) is 12.3 Å². The van der Waals surface area contributed by atoms with Crippen molar-refractivity contribution >= 4 is 5.97 Å². The summed E-state index contributed by atoms with van der Waals surface area (Å²) >= 11 is 0. The molecular formula is C22H34O5. The fraction of sp³-hybridized carbons (Fsp3) is 0.864. The van der Waals surface area contributed by atoms with Crippen LogP contribution in [0.3, 0.4) is 0 Å². The van der Waals surface area contributed by atoms with Crippen LogP contribution in [0.5, 0.6) is 0 Å². The number of aliphatic hydroxyl groups excluding tert-OH is 2. The molecule has 0 radical (unpaired) electrons. The zero-order valence-corrected chi connectivity index (χ0v) is 16.8. The van der Waals surface area contributed by atoms with Crippen molar-refractivity contribution in [3.05, 3.63) is 11.6 Å². The van der Waals surface area contributed by atoms with Crippen molar-refractivity contribution in [2.24, 2.45) is 28.1 Å². The second kappa shape index (κ2) is 6.04. The van der Waals surface area contributed by atoms with E-state index in [9.17, 15) is 20.1 Å². The molecule has 0 amide bonds. The van der Waals surface area contributed by atoms with Crippen LogP contribution in [0, 0.1) is 28.1 Å². The number of ether oxygens (including phenoxy) is 1. The van der Waals surface area contributed by atoms with E-state index in [4.69, 9.17) is 4.74 Å². The summed E-state index contributed by atoms with van der Waals surface area (Å²) < 4.78 is 5.42. The van der Waals surface area contributed by atoms with Crippen molar-refractivity contribution in [1.29, 1.82) is 0 Å². The van der Waals surface area contributed by atoms with Gasteiger partial charge < -0.3 is 20.1 Å². The topological polar surface area (TPSA) is 87.0 Å². The van der Waals surface area contributed by atoms with Crippen LogP contribution in [0.25, 0.3) is 0 Å². The molecule has 5 nitrogen and oxygen atoms in total. The standard InChI is InChI=1S/C22H34O5/c1-14(24)27-13-19(2)17-5-4-15-10-16-11-21(15,8-9-22(16,26)12-23)20(17,3)7-6-18(19)25/h4,16-18,23,25-26H,5-13H2,1-3H3. The monoisotopic (exact) mass is 378 g/mol. The molecule has 4 aliphatic carbocycles. The third-order valence-electron chi connectivity index (χ3n) is 9.24. The van der Waals surface area contributed by atoms with Gasteiger partial charge in [-0.2, -0.15) is 0 Å². The molecule has 4 aliphatic rings. The van der Waals surface area contributed by atoms with E-state index < -0.39 is 17.1 Å². The Hall–Kier alpha value is -0.910. The van der Waals surface area contributed by atoms with Crippen molar-refractivity contribution in [3.63, 3.8) is 0 Å². The molecule has 3 saturated carbocycles. The molecule has 5 heteroatoms. The summed E-state index contributed by atoms with van der Waals surface area (Å²) in [5.41, 5.74) is 0.0981. The number of carbonyl (C=O) groups is 1. The highest BCUT2D eigenvalue weighted by molar-refractivity contribution is 5.65. The lowest BCUT2D eigenvalue weighted by molar-refractivity contribution is -0.192. The van der Waals surface area contributed by atoms with Gasteiger partial charge in [0.25, 0.3) is 0 Å². The van der Waals surface area contributed by atoms with Gasteiger partial charge in [-0.15, -0.1) is 0 Å². The van der Waals surface area contributed by atoms with Crippen LogP contribution in [0.2, 0.25) is 0 Å². The summed E-state index contributed by atoms with van der Waals surface area (Å²) in [6, 6.07) is 0. The number of hydrogen-bond acceptors (Lipinski definition) is 5. The van der Waals surface area contributed by atoms with E-state index in [0.717, 1.165) is 32.1 Å². The molecule has 3 N–H and O–H groups in total. The lowest BCUT2D eigenvalue weighted by Crippen LogP contribution is -2.61. The van der Waals surface area contributed by atoms with Crippen molar-refractivity contribution in [2.75, 3.05) is 13.2 Å². The summed E-state index contributed by atoms with van der Waals surface area (Å²) in [6.45, 7) is 5.97. The van der Waals surface area contributed by atoms with Crippen LogP contribution in [0.15, 0.2) is 11.6 Å². The fourth-order valence-corrected chi connectivity index (χ4v) is 7.45. The van der Waals surface area contributed by atoms with Crippen LogP contribution in [0.1, 0.15) is 65.7 Å². The Balaban J connectivity index is 1.72. The summed E-state index contributed by atoms with van der Waals surface area (Å²) in [4.78, 5) is 11.5. The molecule has 7 unspecified atom stereocenters. The summed E-state index contributed by atoms with van der Waals surface area (Å²) in [7, 11) is 0. The predicted octanol–water partition coefficient (Wildman–Crippen LogP) is 2.58. The maximum Gasteiger partial charge on any atom is 0.302 e. The first kappa shape index (κ1) is 19.4. The number of hydrogen-bond donors (Lipinski definition) is 3. The number of carbonyl (C=O) groups excluding carboxylic acids is 1. The molecule has 27 heavy (non-hydrogen) atoms. The number of aliphatic hydroxyl groups is 3. The third-order valence-corrected chi connectivity index (χ3v) is 9.24. The SMILES string of the molecule is CC(=O)OCC1(C)C(O)CCC2(C)C1CC=C1CC3CC12CCC3(O)CO. The average Bonchev–Trinajstić information content (AvgIpc) is 2.98. The Morgan fingerprint density at radius 1 is 1.30 bits per heavy atom. The predicted molar refractivity (Wildman–Crippen MR) is 101 cm³/mol. The van der Waals surface area contributed by atoms with Gasteiger partial charge in [0.1, 0.15) is 0 Å². The van der Waals surface area contributed by atoms with Crippen LogP contribution in [-0.2, 0) is 9.53 Å². The highest BCUT2D eigenvalue weighted by atomic mass is 16.5. The first-order chi connectivity index (χ1) is 12.6. The largest absolute Gasteiger partial charge is 0.465 e. The normalized spacial score (nSPS) is 51.2. The second-order valence-electron chi connectivity index (χ2n) is 10.2. The molecule has 1 spiro atoms. The molecule has 0 saturated heterocycles. The molecule has 0 aromatic heterocycles. The fourth-order valence-electron chi connectivity index (χ4n) is 7.45. The smallest absolute Gasteiger partial charge is 0.302 e.